The van der Waals surface area contributed by atoms with Crippen LogP contribution in [0.1, 0.15) is 61.9 Å². The molecule has 0 saturated carbocycles. The van der Waals surface area contributed by atoms with Gasteiger partial charge in [0.15, 0.2) is 5.82 Å². The van der Waals surface area contributed by atoms with Crippen molar-refractivity contribution < 1.29 is 9.32 Å². The van der Waals surface area contributed by atoms with Gasteiger partial charge in [-0.1, -0.05) is 43.3 Å². The van der Waals surface area contributed by atoms with E-state index >= 15 is 0 Å². The number of ketones is 1. The molecule has 0 bridgehead atoms. The van der Waals surface area contributed by atoms with E-state index in [4.69, 9.17) is 4.52 Å². The topological polar surface area (TPSA) is 56.0 Å². The van der Waals surface area contributed by atoms with Crippen molar-refractivity contribution in [1.82, 2.24) is 10.1 Å². The number of hydrogen-bond donors (Lipinski definition) is 0. The summed E-state index contributed by atoms with van der Waals surface area (Å²) in [5.41, 5.74) is 2.65. The van der Waals surface area contributed by atoms with Gasteiger partial charge in [-0.05, 0) is 36.8 Å². The third-order valence-corrected chi connectivity index (χ3v) is 4.27. The van der Waals surface area contributed by atoms with Gasteiger partial charge in [0.25, 0.3) is 0 Å². The summed E-state index contributed by atoms with van der Waals surface area (Å²) in [5, 5.41) is 4.14. The first-order valence-electron chi connectivity index (χ1n) is 7.49. The number of Topliss-reactive ketones (excluding diaryl/α,β-unsaturated/α-hetero) is 1. The molecule has 0 fully saturated rings. The number of fused-ring (bicyclic) bond motifs is 1. The van der Waals surface area contributed by atoms with Gasteiger partial charge in [-0.2, -0.15) is 4.98 Å². The number of nitrogens with zero attached hydrogens (tertiary/aromatic N) is 2. The Hall–Kier alpha value is -1.97. The van der Waals surface area contributed by atoms with Crippen molar-refractivity contribution in [2.45, 2.75) is 45.4 Å². The number of aromatic nitrogens is 2. The molecule has 21 heavy (non-hydrogen) atoms. The lowest BCUT2D eigenvalue weighted by Crippen LogP contribution is -2.15. The fourth-order valence-corrected chi connectivity index (χ4v) is 3.27. The van der Waals surface area contributed by atoms with Crippen LogP contribution in [0.2, 0.25) is 0 Å². The molecule has 1 aliphatic rings. The normalized spacial score (nSPS) is 18.8. The van der Waals surface area contributed by atoms with Gasteiger partial charge in [-0.25, -0.2) is 0 Å². The number of aryl methyl sites for hydroxylation is 1. The van der Waals surface area contributed by atoms with Crippen LogP contribution in [0.15, 0.2) is 28.8 Å². The molecule has 1 heterocycles. The highest BCUT2D eigenvalue weighted by atomic mass is 16.5. The number of hydrogen-bond acceptors (Lipinski definition) is 4. The molecule has 4 heteroatoms. The molecule has 4 nitrogen and oxygen atoms in total. The maximum atomic E-state index is 11.8. The second-order valence-corrected chi connectivity index (χ2v) is 6.11. The van der Waals surface area contributed by atoms with Crippen LogP contribution in [0, 0.1) is 5.92 Å². The molecule has 2 aromatic rings. The Morgan fingerprint density at radius 1 is 1.33 bits per heavy atom. The predicted molar refractivity (Wildman–Crippen MR) is 79.2 cm³/mol. The Morgan fingerprint density at radius 3 is 2.81 bits per heavy atom. The van der Waals surface area contributed by atoms with Crippen LogP contribution in [0.5, 0.6) is 0 Å². The van der Waals surface area contributed by atoms with Crippen molar-refractivity contribution in [2.24, 2.45) is 5.92 Å². The van der Waals surface area contributed by atoms with Crippen molar-refractivity contribution in [3.8, 4) is 0 Å². The largest absolute Gasteiger partial charge is 0.339 e. The SMILES string of the molecule is CC(=O)C(c1nc(C2CCc3ccccc32)no1)C(C)C. The molecule has 0 radical (unpaired) electrons. The molecular weight excluding hydrogens is 264 g/mol. The molecule has 3 rings (SSSR count). The molecule has 0 aliphatic heterocycles. The van der Waals surface area contributed by atoms with E-state index < -0.39 is 0 Å². The first-order valence-corrected chi connectivity index (χ1v) is 7.49. The van der Waals surface area contributed by atoms with E-state index in [0.717, 1.165) is 12.8 Å². The molecule has 0 saturated heterocycles. The Bertz CT molecular complexity index is 660. The Kier molecular flexibility index (Phi) is 3.62. The number of carbonyl (C=O) groups excluding carboxylic acids is 1. The molecule has 110 valence electrons. The average molecular weight is 284 g/mol. The average Bonchev–Trinajstić information content (AvgIpc) is 3.04. The second kappa shape index (κ2) is 5.43. The molecule has 0 spiro atoms. The molecule has 2 atom stereocenters. The highest BCUT2D eigenvalue weighted by Gasteiger charge is 2.31. The van der Waals surface area contributed by atoms with Crippen LogP contribution in [-0.2, 0) is 11.2 Å². The summed E-state index contributed by atoms with van der Waals surface area (Å²) < 4.78 is 5.39. The van der Waals surface area contributed by atoms with Crippen molar-refractivity contribution in [3.63, 3.8) is 0 Å². The summed E-state index contributed by atoms with van der Waals surface area (Å²) in [7, 11) is 0. The maximum Gasteiger partial charge on any atom is 0.237 e. The lowest BCUT2D eigenvalue weighted by Gasteiger charge is -2.12. The van der Waals surface area contributed by atoms with Gasteiger partial charge in [0.2, 0.25) is 5.89 Å². The first-order chi connectivity index (χ1) is 10.1. The van der Waals surface area contributed by atoms with Crippen LogP contribution >= 0.6 is 0 Å². The smallest absolute Gasteiger partial charge is 0.237 e. The second-order valence-electron chi connectivity index (χ2n) is 6.11. The van der Waals surface area contributed by atoms with Gasteiger partial charge in [0.05, 0.1) is 5.92 Å². The van der Waals surface area contributed by atoms with E-state index in [1.165, 1.54) is 11.1 Å². The maximum absolute atomic E-state index is 11.8. The third kappa shape index (κ3) is 2.50. The Labute approximate surface area is 124 Å². The third-order valence-electron chi connectivity index (χ3n) is 4.27. The summed E-state index contributed by atoms with van der Waals surface area (Å²) >= 11 is 0. The van der Waals surface area contributed by atoms with Gasteiger partial charge in [-0.15, -0.1) is 0 Å². The van der Waals surface area contributed by atoms with Crippen LogP contribution in [0.4, 0.5) is 0 Å². The van der Waals surface area contributed by atoms with Crippen LogP contribution in [-0.4, -0.2) is 15.9 Å². The zero-order valence-corrected chi connectivity index (χ0v) is 12.7. The van der Waals surface area contributed by atoms with Gasteiger partial charge in [0.1, 0.15) is 5.78 Å². The highest BCUT2D eigenvalue weighted by molar-refractivity contribution is 5.82. The quantitative estimate of drug-likeness (QED) is 0.862. The Morgan fingerprint density at radius 2 is 2.10 bits per heavy atom. The van der Waals surface area contributed by atoms with Crippen molar-refractivity contribution >= 4 is 5.78 Å². The van der Waals surface area contributed by atoms with Crippen LogP contribution in [0.25, 0.3) is 0 Å². The number of benzene rings is 1. The molecule has 1 aromatic carbocycles. The summed E-state index contributed by atoms with van der Waals surface area (Å²) in [6, 6.07) is 8.40. The van der Waals surface area contributed by atoms with Crippen LogP contribution in [0.3, 0.4) is 0 Å². The van der Waals surface area contributed by atoms with Crippen molar-refractivity contribution in [1.29, 1.82) is 0 Å². The minimum absolute atomic E-state index is 0.0759. The van der Waals surface area contributed by atoms with Crippen molar-refractivity contribution in [3.05, 3.63) is 47.1 Å². The molecule has 0 N–H and O–H groups in total. The van der Waals surface area contributed by atoms with Gasteiger partial charge < -0.3 is 4.52 Å². The molecular formula is C17H20N2O2. The fraction of sp³-hybridized carbons (Fsp3) is 0.471. The minimum atomic E-state index is -0.303. The number of rotatable bonds is 4. The van der Waals surface area contributed by atoms with E-state index in [-0.39, 0.29) is 23.5 Å². The standard InChI is InChI=1S/C17H20N2O2/c1-10(2)15(11(3)20)17-18-16(19-21-17)14-9-8-12-6-4-5-7-13(12)14/h4-7,10,14-15H,8-9H2,1-3H3. The lowest BCUT2D eigenvalue weighted by molar-refractivity contribution is -0.119. The summed E-state index contributed by atoms with van der Waals surface area (Å²) in [5.74, 6) is 1.29. The first kappa shape index (κ1) is 14.0. The monoisotopic (exact) mass is 284 g/mol. The fourth-order valence-electron chi connectivity index (χ4n) is 3.27. The van der Waals surface area contributed by atoms with E-state index in [0.29, 0.717) is 11.7 Å². The van der Waals surface area contributed by atoms with Gasteiger partial charge in [-0.3, -0.25) is 4.79 Å². The highest BCUT2D eigenvalue weighted by Crippen LogP contribution is 2.37. The molecule has 2 unspecified atom stereocenters. The Balaban J connectivity index is 1.91. The summed E-state index contributed by atoms with van der Waals surface area (Å²) in [6.45, 7) is 5.58. The summed E-state index contributed by atoms with van der Waals surface area (Å²) in [4.78, 5) is 16.3. The number of carbonyl (C=O) groups is 1. The van der Waals surface area contributed by atoms with Gasteiger partial charge >= 0.3 is 0 Å². The molecule has 1 aliphatic carbocycles. The lowest BCUT2D eigenvalue weighted by atomic mass is 9.92. The minimum Gasteiger partial charge on any atom is -0.339 e. The van der Waals surface area contributed by atoms with E-state index in [9.17, 15) is 4.79 Å². The molecule has 1 aromatic heterocycles. The van der Waals surface area contributed by atoms with E-state index in [2.05, 4.69) is 28.3 Å². The van der Waals surface area contributed by atoms with Gasteiger partial charge in [0, 0.05) is 5.92 Å². The molecule has 0 amide bonds. The zero-order valence-electron chi connectivity index (χ0n) is 12.7. The van der Waals surface area contributed by atoms with E-state index in [1.807, 2.05) is 19.9 Å². The zero-order chi connectivity index (χ0) is 15.0. The predicted octanol–water partition coefficient (Wildman–Crippen LogP) is 3.48. The van der Waals surface area contributed by atoms with Crippen LogP contribution < -0.4 is 0 Å². The summed E-state index contributed by atoms with van der Waals surface area (Å²) in [6.07, 6.45) is 2.05. The van der Waals surface area contributed by atoms with E-state index in [1.54, 1.807) is 6.92 Å². The van der Waals surface area contributed by atoms with Crippen molar-refractivity contribution in [2.75, 3.05) is 0 Å².